The van der Waals surface area contributed by atoms with Crippen LogP contribution in [-0.4, -0.2) is 30.5 Å². The quantitative estimate of drug-likeness (QED) is 0.633. The van der Waals surface area contributed by atoms with Gasteiger partial charge in [-0.25, -0.2) is 19.6 Å². The second kappa shape index (κ2) is 3.33. The fraction of sp³-hybridized carbons (Fsp3) is 0.125. The van der Waals surface area contributed by atoms with Crippen molar-refractivity contribution < 1.29 is 4.79 Å². The van der Waals surface area contributed by atoms with E-state index in [9.17, 15) is 4.79 Å². The van der Waals surface area contributed by atoms with Crippen LogP contribution in [0.25, 0.3) is 5.82 Å². The van der Waals surface area contributed by atoms with Gasteiger partial charge in [0.2, 0.25) is 0 Å². The van der Waals surface area contributed by atoms with Crippen LogP contribution >= 0.6 is 0 Å². The van der Waals surface area contributed by atoms with Crippen LogP contribution in [0.3, 0.4) is 0 Å². The zero-order valence-electron chi connectivity index (χ0n) is 7.45. The molecule has 70 valence electrons. The van der Waals surface area contributed by atoms with Crippen molar-refractivity contribution in [1.29, 1.82) is 0 Å². The van der Waals surface area contributed by atoms with Crippen LogP contribution in [0.5, 0.6) is 0 Å². The van der Waals surface area contributed by atoms with Crippen molar-refractivity contribution in [2.24, 2.45) is 0 Å². The van der Waals surface area contributed by atoms with E-state index in [1.54, 1.807) is 0 Å². The Bertz CT molecular complexity index is 451. The number of carbonyl (C=O) groups excluding carboxylic acids is 1. The van der Waals surface area contributed by atoms with Gasteiger partial charge in [-0.2, -0.15) is 5.10 Å². The van der Waals surface area contributed by atoms with Gasteiger partial charge in [0.1, 0.15) is 12.7 Å². The van der Waals surface area contributed by atoms with Gasteiger partial charge in [-0.05, 0) is 0 Å². The smallest absolute Gasteiger partial charge is 0.184 e. The van der Waals surface area contributed by atoms with Gasteiger partial charge in [-0.15, -0.1) is 0 Å². The maximum absolute atomic E-state index is 11.2. The average Bonchev–Trinajstić information content (AvgIpc) is 2.70. The molecule has 0 unspecified atom stereocenters. The van der Waals surface area contributed by atoms with Crippen LogP contribution in [0.15, 0.2) is 25.0 Å². The molecule has 0 aliphatic heterocycles. The van der Waals surface area contributed by atoms with E-state index < -0.39 is 0 Å². The van der Waals surface area contributed by atoms with Crippen molar-refractivity contribution >= 4 is 5.78 Å². The van der Waals surface area contributed by atoms with Crippen molar-refractivity contribution in [2.75, 3.05) is 0 Å². The summed E-state index contributed by atoms with van der Waals surface area (Å²) >= 11 is 0. The Balaban J connectivity index is 2.58. The van der Waals surface area contributed by atoms with Gasteiger partial charge >= 0.3 is 0 Å². The van der Waals surface area contributed by atoms with Gasteiger partial charge < -0.3 is 0 Å². The van der Waals surface area contributed by atoms with Crippen molar-refractivity contribution in [3.05, 3.63) is 30.7 Å². The monoisotopic (exact) mass is 189 g/mol. The van der Waals surface area contributed by atoms with E-state index in [2.05, 4.69) is 20.1 Å². The summed E-state index contributed by atoms with van der Waals surface area (Å²) < 4.78 is 1.41. The van der Waals surface area contributed by atoms with Crippen molar-refractivity contribution in [1.82, 2.24) is 24.7 Å². The molecule has 6 nitrogen and oxygen atoms in total. The second-order valence-electron chi connectivity index (χ2n) is 2.62. The minimum Gasteiger partial charge on any atom is -0.293 e. The molecule has 2 aromatic heterocycles. The summed E-state index contributed by atoms with van der Waals surface area (Å²) in [5.41, 5.74) is 0.290. The topological polar surface area (TPSA) is 73.6 Å². The maximum atomic E-state index is 11.2. The first-order valence-corrected chi connectivity index (χ1v) is 3.96. The van der Waals surface area contributed by atoms with E-state index in [0.717, 1.165) is 0 Å². The summed E-state index contributed by atoms with van der Waals surface area (Å²) in [5.74, 6) is 0.251. The number of hydrogen-bond acceptors (Lipinski definition) is 5. The minimum atomic E-state index is -0.149. The maximum Gasteiger partial charge on any atom is 0.184 e. The third kappa shape index (κ3) is 1.37. The standard InChI is InChI=1S/C8H7N5O/c1-6(14)7-8(11-3-2-10-7)13-5-9-4-12-13/h2-5H,1H3. The van der Waals surface area contributed by atoms with E-state index in [1.807, 2.05) is 0 Å². The summed E-state index contributed by atoms with van der Waals surface area (Å²) in [4.78, 5) is 22.9. The zero-order valence-corrected chi connectivity index (χ0v) is 7.45. The Morgan fingerprint density at radius 2 is 2.14 bits per heavy atom. The molecule has 2 rings (SSSR count). The lowest BCUT2D eigenvalue weighted by atomic mass is 10.3. The Kier molecular flexibility index (Phi) is 2.02. The molecule has 0 radical (unpaired) electrons. The lowest BCUT2D eigenvalue weighted by Gasteiger charge is -2.02. The van der Waals surface area contributed by atoms with Crippen LogP contribution in [0.1, 0.15) is 17.4 Å². The first-order valence-electron chi connectivity index (χ1n) is 3.96. The summed E-state index contributed by atoms with van der Waals surface area (Å²) in [6.07, 6.45) is 5.82. The summed E-state index contributed by atoms with van der Waals surface area (Å²) in [5, 5.41) is 3.88. The van der Waals surface area contributed by atoms with Crippen molar-refractivity contribution in [3.8, 4) is 5.82 Å². The van der Waals surface area contributed by atoms with Gasteiger partial charge in [0.05, 0.1) is 0 Å². The third-order valence-corrected chi connectivity index (χ3v) is 1.65. The highest BCUT2D eigenvalue weighted by molar-refractivity contribution is 5.94. The highest BCUT2D eigenvalue weighted by Crippen LogP contribution is 2.06. The minimum absolute atomic E-state index is 0.149. The van der Waals surface area contributed by atoms with Crippen molar-refractivity contribution in [2.45, 2.75) is 6.92 Å². The number of nitrogens with zero attached hydrogens (tertiary/aromatic N) is 5. The molecule has 2 heterocycles. The molecule has 2 aromatic rings. The molecule has 0 spiro atoms. The Morgan fingerprint density at radius 3 is 2.79 bits per heavy atom. The van der Waals surface area contributed by atoms with Gasteiger partial charge in [-0.1, -0.05) is 0 Å². The fourth-order valence-electron chi connectivity index (χ4n) is 1.06. The molecular formula is C8H7N5O. The second-order valence-corrected chi connectivity index (χ2v) is 2.62. The molecule has 0 aliphatic carbocycles. The average molecular weight is 189 g/mol. The summed E-state index contributed by atoms with van der Waals surface area (Å²) in [6, 6.07) is 0. The molecule has 0 fully saturated rings. The Hall–Kier alpha value is -2.11. The highest BCUT2D eigenvalue weighted by atomic mass is 16.1. The molecule has 0 N–H and O–H groups in total. The lowest BCUT2D eigenvalue weighted by Crippen LogP contribution is -2.08. The van der Waals surface area contributed by atoms with Gasteiger partial charge in [0, 0.05) is 19.3 Å². The number of rotatable bonds is 2. The van der Waals surface area contributed by atoms with Crippen LogP contribution in [-0.2, 0) is 0 Å². The normalized spacial score (nSPS) is 10.1. The van der Waals surface area contributed by atoms with E-state index in [1.165, 1.54) is 36.7 Å². The SMILES string of the molecule is CC(=O)c1nccnc1-n1cncn1. The largest absolute Gasteiger partial charge is 0.293 e. The number of ketones is 1. The molecule has 6 heteroatoms. The molecule has 0 aliphatic rings. The lowest BCUT2D eigenvalue weighted by molar-refractivity contribution is 0.101. The highest BCUT2D eigenvalue weighted by Gasteiger charge is 2.11. The molecule has 0 saturated carbocycles. The van der Waals surface area contributed by atoms with Crippen LogP contribution in [0.4, 0.5) is 0 Å². The first-order chi connectivity index (χ1) is 6.79. The predicted octanol–water partition coefficient (Wildman–Crippen LogP) is 0.260. The molecule has 14 heavy (non-hydrogen) atoms. The van der Waals surface area contributed by atoms with E-state index in [-0.39, 0.29) is 11.5 Å². The van der Waals surface area contributed by atoms with Gasteiger partial charge in [0.15, 0.2) is 17.3 Å². The number of hydrogen-bond donors (Lipinski definition) is 0. The van der Waals surface area contributed by atoms with Crippen LogP contribution in [0, 0.1) is 0 Å². The first kappa shape index (κ1) is 8.49. The van der Waals surface area contributed by atoms with E-state index in [0.29, 0.717) is 5.82 Å². The van der Waals surface area contributed by atoms with Gasteiger partial charge in [0.25, 0.3) is 0 Å². The molecule has 0 bridgehead atoms. The number of aromatic nitrogens is 5. The van der Waals surface area contributed by atoms with E-state index >= 15 is 0 Å². The molecule has 0 aromatic carbocycles. The Labute approximate surface area is 79.6 Å². The van der Waals surface area contributed by atoms with Crippen molar-refractivity contribution in [3.63, 3.8) is 0 Å². The molecule has 0 amide bonds. The fourth-order valence-corrected chi connectivity index (χ4v) is 1.06. The number of Topliss-reactive ketones (excluding diaryl/α,β-unsaturated/α-hetero) is 1. The number of carbonyl (C=O) groups is 1. The molecule has 0 atom stereocenters. The third-order valence-electron chi connectivity index (χ3n) is 1.65. The molecular weight excluding hydrogens is 182 g/mol. The van der Waals surface area contributed by atoms with Crippen LogP contribution < -0.4 is 0 Å². The zero-order chi connectivity index (χ0) is 9.97. The predicted molar refractivity (Wildman–Crippen MR) is 47.0 cm³/mol. The molecule has 0 saturated heterocycles. The van der Waals surface area contributed by atoms with Gasteiger partial charge in [-0.3, -0.25) is 4.79 Å². The van der Waals surface area contributed by atoms with Crippen LogP contribution in [0.2, 0.25) is 0 Å². The summed E-state index contributed by atoms with van der Waals surface area (Å²) in [6.45, 7) is 1.43. The van der Waals surface area contributed by atoms with E-state index in [4.69, 9.17) is 0 Å². The summed E-state index contributed by atoms with van der Waals surface area (Å²) in [7, 11) is 0. The Morgan fingerprint density at radius 1 is 1.36 bits per heavy atom.